The molecule has 2 amide bonds. The van der Waals surface area contributed by atoms with Gasteiger partial charge in [0.1, 0.15) is 0 Å². The minimum atomic E-state index is -0.297. The summed E-state index contributed by atoms with van der Waals surface area (Å²) in [7, 11) is 0. The van der Waals surface area contributed by atoms with Gasteiger partial charge >= 0.3 is 6.03 Å². The summed E-state index contributed by atoms with van der Waals surface area (Å²) in [5.74, 6) is 5.05. The van der Waals surface area contributed by atoms with Gasteiger partial charge in [-0.2, -0.15) is 0 Å². The molecular formula is C11H22IN3O. The van der Waals surface area contributed by atoms with Crippen LogP contribution in [-0.4, -0.2) is 16.5 Å². The van der Waals surface area contributed by atoms with E-state index in [0.29, 0.717) is 15.9 Å². The van der Waals surface area contributed by atoms with Crippen LogP contribution in [0.5, 0.6) is 0 Å². The molecule has 0 aliphatic heterocycles. The van der Waals surface area contributed by atoms with E-state index in [4.69, 9.17) is 5.84 Å². The lowest BCUT2D eigenvalue weighted by molar-refractivity contribution is 0.108. The van der Waals surface area contributed by atoms with Crippen LogP contribution in [0.2, 0.25) is 0 Å². The fourth-order valence-electron chi connectivity index (χ4n) is 2.99. The number of amides is 2. The van der Waals surface area contributed by atoms with Crippen LogP contribution in [0.1, 0.15) is 40.0 Å². The maximum Gasteiger partial charge on any atom is 0.328 e. The SMILES string of the molecule is CC1(C)CC(I)CC(C)(CNC(=O)NN)C1. The monoisotopic (exact) mass is 339 g/mol. The largest absolute Gasteiger partial charge is 0.337 e. The van der Waals surface area contributed by atoms with Crippen molar-refractivity contribution in [2.45, 2.75) is 44.0 Å². The molecule has 2 atom stereocenters. The lowest BCUT2D eigenvalue weighted by Gasteiger charge is -2.45. The summed E-state index contributed by atoms with van der Waals surface area (Å²) in [6.45, 7) is 7.55. The van der Waals surface area contributed by atoms with Crippen molar-refractivity contribution in [2.24, 2.45) is 16.7 Å². The number of carbonyl (C=O) groups excluding carboxylic acids is 1. The third-order valence-electron chi connectivity index (χ3n) is 3.20. The molecule has 0 bridgehead atoms. The summed E-state index contributed by atoms with van der Waals surface area (Å²) in [6, 6.07) is -0.297. The van der Waals surface area contributed by atoms with Gasteiger partial charge in [0.05, 0.1) is 0 Å². The number of halogens is 1. The molecule has 4 N–H and O–H groups in total. The number of hydrogen-bond donors (Lipinski definition) is 3. The van der Waals surface area contributed by atoms with E-state index in [0.717, 1.165) is 12.8 Å². The summed E-state index contributed by atoms with van der Waals surface area (Å²) >= 11 is 2.52. The Kier molecular flexibility index (Phi) is 4.45. The molecule has 1 fully saturated rings. The highest BCUT2D eigenvalue weighted by Crippen LogP contribution is 2.48. The van der Waals surface area contributed by atoms with Crippen molar-refractivity contribution in [2.75, 3.05) is 6.54 Å². The molecule has 16 heavy (non-hydrogen) atoms. The number of carbonyl (C=O) groups is 1. The highest BCUT2D eigenvalue weighted by molar-refractivity contribution is 14.1. The molecule has 0 saturated heterocycles. The van der Waals surface area contributed by atoms with E-state index in [1.807, 2.05) is 0 Å². The highest BCUT2D eigenvalue weighted by Gasteiger charge is 2.40. The zero-order valence-electron chi connectivity index (χ0n) is 10.3. The summed E-state index contributed by atoms with van der Waals surface area (Å²) < 4.78 is 0.689. The maximum absolute atomic E-state index is 11.1. The first kappa shape index (κ1) is 14.0. The van der Waals surface area contributed by atoms with Crippen molar-refractivity contribution in [3.8, 4) is 0 Å². The normalized spacial score (nSPS) is 33.2. The van der Waals surface area contributed by atoms with Gasteiger partial charge in [-0.25, -0.2) is 10.6 Å². The lowest BCUT2D eigenvalue weighted by atomic mass is 9.64. The van der Waals surface area contributed by atoms with Gasteiger partial charge in [0.15, 0.2) is 0 Å². The Morgan fingerprint density at radius 1 is 1.44 bits per heavy atom. The van der Waals surface area contributed by atoms with Crippen LogP contribution in [0.25, 0.3) is 0 Å². The molecule has 0 aromatic rings. The zero-order chi connectivity index (χ0) is 12.4. The van der Waals surface area contributed by atoms with E-state index < -0.39 is 0 Å². The second kappa shape index (κ2) is 5.08. The summed E-state index contributed by atoms with van der Waals surface area (Å²) in [6.07, 6.45) is 3.55. The van der Waals surface area contributed by atoms with Crippen LogP contribution >= 0.6 is 22.6 Å². The molecule has 94 valence electrons. The predicted molar refractivity (Wildman–Crippen MR) is 74.3 cm³/mol. The molecule has 4 nitrogen and oxygen atoms in total. The smallest absolute Gasteiger partial charge is 0.328 e. The first-order valence-corrected chi connectivity index (χ1v) is 6.89. The van der Waals surface area contributed by atoms with Crippen LogP contribution in [-0.2, 0) is 0 Å². The average Bonchev–Trinajstić information content (AvgIpc) is 2.10. The number of urea groups is 1. The maximum atomic E-state index is 11.1. The second-order valence-corrected chi connectivity index (χ2v) is 7.75. The van der Waals surface area contributed by atoms with Gasteiger partial charge in [0, 0.05) is 10.5 Å². The first-order valence-electron chi connectivity index (χ1n) is 5.65. The lowest BCUT2D eigenvalue weighted by Crippen LogP contribution is -2.47. The van der Waals surface area contributed by atoms with Crippen molar-refractivity contribution in [3.63, 3.8) is 0 Å². The molecule has 0 aromatic heterocycles. The summed E-state index contributed by atoms with van der Waals surface area (Å²) in [5.41, 5.74) is 2.64. The van der Waals surface area contributed by atoms with Crippen LogP contribution < -0.4 is 16.6 Å². The van der Waals surface area contributed by atoms with E-state index in [9.17, 15) is 4.79 Å². The van der Waals surface area contributed by atoms with Crippen molar-refractivity contribution in [1.82, 2.24) is 10.7 Å². The number of rotatable bonds is 2. The molecule has 0 spiro atoms. The van der Waals surface area contributed by atoms with Crippen LogP contribution in [0.15, 0.2) is 0 Å². The third kappa shape index (κ3) is 4.08. The fraction of sp³-hybridized carbons (Fsp3) is 0.909. The topological polar surface area (TPSA) is 67.2 Å². The molecule has 1 saturated carbocycles. The molecular weight excluding hydrogens is 317 g/mol. The number of nitrogens with one attached hydrogen (secondary N) is 2. The average molecular weight is 339 g/mol. The molecule has 2 unspecified atom stereocenters. The molecule has 5 heteroatoms. The van der Waals surface area contributed by atoms with Gasteiger partial charge in [-0.05, 0) is 30.1 Å². The first-order chi connectivity index (χ1) is 7.26. The minimum absolute atomic E-state index is 0.181. The summed E-state index contributed by atoms with van der Waals surface area (Å²) in [5, 5.41) is 2.82. The fourth-order valence-corrected chi connectivity index (χ4v) is 5.24. The van der Waals surface area contributed by atoms with Gasteiger partial charge in [0.2, 0.25) is 0 Å². The van der Waals surface area contributed by atoms with E-state index in [1.165, 1.54) is 6.42 Å². The van der Waals surface area contributed by atoms with Gasteiger partial charge in [-0.3, -0.25) is 5.43 Å². The molecule has 0 aromatic carbocycles. The standard InChI is InChI=1S/C11H22IN3O/c1-10(2)4-8(12)5-11(3,6-10)7-14-9(16)15-13/h8H,4-7,13H2,1-3H3,(H2,14,15,16). The van der Waals surface area contributed by atoms with Crippen molar-refractivity contribution < 1.29 is 4.79 Å². The van der Waals surface area contributed by atoms with E-state index in [2.05, 4.69) is 54.1 Å². The Morgan fingerprint density at radius 3 is 2.56 bits per heavy atom. The van der Waals surface area contributed by atoms with Gasteiger partial charge in [-0.15, -0.1) is 0 Å². The van der Waals surface area contributed by atoms with E-state index in [-0.39, 0.29) is 11.4 Å². The van der Waals surface area contributed by atoms with E-state index >= 15 is 0 Å². The van der Waals surface area contributed by atoms with Crippen molar-refractivity contribution in [3.05, 3.63) is 0 Å². The molecule has 1 aliphatic carbocycles. The van der Waals surface area contributed by atoms with Gasteiger partial charge in [0.25, 0.3) is 0 Å². The molecule has 1 aliphatic rings. The zero-order valence-corrected chi connectivity index (χ0v) is 12.4. The van der Waals surface area contributed by atoms with Crippen LogP contribution in [0.3, 0.4) is 0 Å². The van der Waals surface area contributed by atoms with Gasteiger partial charge in [-0.1, -0.05) is 43.4 Å². The number of nitrogens with two attached hydrogens (primary N) is 1. The highest BCUT2D eigenvalue weighted by atomic mass is 127. The predicted octanol–water partition coefficient (Wildman–Crippen LogP) is 2.18. The van der Waals surface area contributed by atoms with Crippen LogP contribution in [0, 0.1) is 10.8 Å². The van der Waals surface area contributed by atoms with Crippen LogP contribution in [0.4, 0.5) is 4.79 Å². The quantitative estimate of drug-likeness (QED) is 0.237. The Hall–Kier alpha value is -0.0400. The number of alkyl halides is 1. The minimum Gasteiger partial charge on any atom is -0.337 e. The van der Waals surface area contributed by atoms with Crippen molar-refractivity contribution in [1.29, 1.82) is 0 Å². The molecule has 1 rings (SSSR count). The Bertz CT molecular complexity index is 270. The number of hydrogen-bond acceptors (Lipinski definition) is 2. The van der Waals surface area contributed by atoms with Gasteiger partial charge < -0.3 is 5.32 Å². The Balaban J connectivity index is 2.58. The number of hydrazine groups is 1. The molecule has 0 radical (unpaired) electrons. The summed E-state index contributed by atoms with van der Waals surface area (Å²) in [4.78, 5) is 11.1. The Morgan fingerprint density at radius 2 is 2.06 bits per heavy atom. The van der Waals surface area contributed by atoms with Crippen molar-refractivity contribution >= 4 is 28.6 Å². The third-order valence-corrected chi connectivity index (χ3v) is 4.08. The molecule has 0 heterocycles. The second-order valence-electron chi connectivity index (χ2n) is 5.98. The van der Waals surface area contributed by atoms with E-state index in [1.54, 1.807) is 0 Å². The Labute approximate surface area is 111 Å².